The summed E-state index contributed by atoms with van der Waals surface area (Å²) in [6, 6.07) is 13.6. The van der Waals surface area contributed by atoms with Crippen LogP contribution in [0.25, 0.3) is 11.1 Å². The lowest BCUT2D eigenvalue weighted by Crippen LogP contribution is -2.51. The predicted molar refractivity (Wildman–Crippen MR) is 133 cm³/mol. The number of hydrogen-bond acceptors (Lipinski definition) is 4. The molecule has 35 heavy (non-hydrogen) atoms. The van der Waals surface area contributed by atoms with Gasteiger partial charge < -0.3 is 9.64 Å². The first-order valence-corrected chi connectivity index (χ1v) is 13.9. The number of ether oxygens (including phenoxy) is 1. The molecule has 3 aliphatic rings. The number of nitrogens with zero attached hydrogens (tertiary/aromatic N) is 1. The average Bonchev–Trinajstić information content (AvgIpc) is 3.70. The highest BCUT2D eigenvalue weighted by molar-refractivity contribution is 7.90. The van der Waals surface area contributed by atoms with Gasteiger partial charge in [0.1, 0.15) is 11.4 Å². The highest BCUT2D eigenvalue weighted by Gasteiger charge is 2.62. The van der Waals surface area contributed by atoms with Gasteiger partial charge in [0.05, 0.1) is 11.3 Å². The monoisotopic (exact) mass is 500 g/mol. The van der Waals surface area contributed by atoms with Gasteiger partial charge in [0.2, 0.25) is 10.0 Å². The number of likely N-dealkylation sites (tertiary alicyclic amines) is 1. The molecular weight excluding hydrogens is 467 g/mol. The third-order valence-corrected chi connectivity index (χ3v) is 9.23. The molecule has 1 amide bonds. The molecule has 2 aromatic carbocycles. The highest BCUT2D eigenvalue weighted by atomic mass is 32.2. The van der Waals surface area contributed by atoms with Gasteiger partial charge in [-0.15, -0.1) is 0 Å². The fraction of sp³-hybridized carbons (Fsp3) is 0.519. The van der Waals surface area contributed by atoms with Gasteiger partial charge in [0, 0.05) is 23.6 Å². The average molecular weight is 501 g/mol. The topological polar surface area (TPSA) is 75.7 Å². The SMILES string of the molecule is CC(C)(C)OC(=O)N1CC2(CC2)[C@H](NS(=O)(=O)C2CC2)[C@@H]1Cc1cccc(-c2ccccc2)c1F. The van der Waals surface area contributed by atoms with E-state index in [0.717, 1.165) is 18.4 Å². The van der Waals surface area contributed by atoms with E-state index >= 15 is 4.39 Å². The summed E-state index contributed by atoms with van der Waals surface area (Å²) >= 11 is 0. The first-order valence-electron chi connectivity index (χ1n) is 12.3. The molecule has 8 heteroatoms. The third kappa shape index (κ3) is 4.96. The molecule has 1 saturated heterocycles. The molecule has 1 aliphatic heterocycles. The molecule has 0 unspecified atom stereocenters. The number of hydrogen-bond donors (Lipinski definition) is 1. The van der Waals surface area contributed by atoms with Gasteiger partial charge in [0.25, 0.3) is 0 Å². The summed E-state index contributed by atoms with van der Waals surface area (Å²) in [4.78, 5) is 14.9. The second-order valence-electron chi connectivity index (χ2n) is 11.2. The van der Waals surface area contributed by atoms with Crippen LogP contribution in [0.1, 0.15) is 52.0 Å². The van der Waals surface area contributed by atoms with E-state index in [1.165, 1.54) is 0 Å². The molecule has 2 aromatic rings. The zero-order chi connectivity index (χ0) is 25.0. The second kappa shape index (κ2) is 8.59. The maximum absolute atomic E-state index is 15.7. The maximum Gasteiger partial charge on any atom is 0.410 e. The summed E-state index contributed by atoms with van der Waals surface area (Å²) in [5.41, 5.74) is 0.700. The van der Waals surface area contributed by atoms with Crippen molar-refractivity contribution in [1.29, 1.82) is 0 Å². The van der Waals surface area contributed by atoms with Crippen LogP contribution in [0, 0.1) is 11.2 Å². The summed E-state index contributed by atoms with van der Waals surface area (Å²) in [6.07, 6.45) is 2.68. The van der Waals surface area contributed by atoms with Gasteiger partial charge >= 0.3 is 6.09 Å². The van der Waals surface area contributed by atoms with Gasteiger partial charge in [-0.1, -0.05) is 48.5 Å². The van der Waals surface area contributed by atoms with Crippen LogP contribution < -0.4 is 4.72 Å². The number of benzene rings is 2. The Morgan fingerprint density at radius 2 is 1.80 bits per heavy atom. The van der Waals surface area contributed by atoms with Crippen molar-refractivity contribution >= 4 is 16.1 Å². The molecule has 6 nitrogen and oxygen atoms in total. The van der Waals surface area contributed by atoms with Crippen LogP contribution in [0.2, 0.25) is 0 Å². The molecule has 1 spiro atoms. The largest absolute Gasteiger partial charge is 0.444 e. The zero-order valence-electron chi connectivity index (χ0n) is 20.5. The number of halogens is 1. The van der Waals surface area contributed by atoms with Crippen molar-refractivity contribution in [1.82, 2.24) is 9.62 Å². The minimum atomic E-state index is -3.49. The number of sulfonamides is 1. The number of rotatable bonds is 6. The van der Waals surface area contributed by atoms with Crippen LogP contribution in [-0.2, 0) is 21.2 Å². The fourth-order valence-corrected chi connectivity index (χ4v) is 6.89. The summed E-state index contributed by atoms with van der Waals surface area (Å²) in [7, 11) is -3.49. The molecule has 0 radical (unpaired) electrons. The number of carbonyl (C=O) groups is 1. The van der Waals surface area contributed by atoms with Gasteiger partial charge in [-0.25, -0.2) is 22.3 Å². The standard InChI is InChI=1S/C27H33FN2O4S/c1-26(2,3)34-25(31)30-17-27(14-15-27)24(29-35(32,33)20-12-13-20)22(30)16-19-10-7-11-21(23(19)28)18-8-5-4-6-9-18/h4-11,20,22,24,29H,12-17H2,1-3H3/t22-,24+/m0/s1. The highest BCUT2D eigenvalue weighted by Crippen LogP contribution is 2.56. The van der Waals surface area contributed by atoms with Gasteiger partial charge in [-0.3, -0.25) is 0 Å². The van der Waals surface area contributed by atoms with Crippen molar-refractivity contribution < 1.29 is 22.3 Å². The number of carbonyl (C=O) groups excluding carboxylic acids is 1. The van der Waals surface area contributed by atoms with Crippen molar-refractivity contribution in [2.45, 2.75) is 75.8 Å². The summed E-state index contributed by atoms with van der Waals surface area (Å²) in [5.74, 6) is -0.344. The van der Waals surface area contributed by atoms with Gasteiger partial charge in [-0.05, 0) is 64.0 Å². The molecule has 1 heterocycles. The Balaban J connectivity index is 1.50. The van der Waals surface area contributed by atoms with E-state index in [2.05, 4.69) is 4.72 Å². The first kappa shape index (κ1) is 24.3. The Labute approximate surface area is 206 Å². The lowest BCUT2D eigenvalue weighted by Gasteiger charge is -2.31. The van der Waals surface area contributed by atoms with Crippen LogP contribution in [0.5, 0.6) is 0 Å². The molecule has 5 rings (SSSR count). The van der Waals surface area contributed by atoms with Crippen LogP contribution in [-0.4, -0.2) is 48.9 Å². The van der Waals surface area contributed by atoms with E-state index in [4.69, 9.17) is 4.74 Å². The van der Waals surface area contributed by atoms with E-state index < -0.39 is 33.8 Å². The molecule has 1 N–H and O–H groups in total. The second-order valence-corrected chi connectivity index (χ2v) is 13.2. The zero-order valence-corrected chi connectivity index (χ0v) is 21.3. The van der Waals surface area contributed by atoms with Crippen LogP contribution in [0.15, 0.2) is 48.5 Å². The molecule has 3 fully saturated rings. The fourth-order valence-electron chi connectivity index (χ4n) is 5.18. The summed E-state index contributed by atoms with van der Waals surface area (Å²) < 4.78 is 50.3. The molecule has 2 atom stereocenters. The Morgan fingerprint density at radius 1 is 1.11 bits per heavy atom. The van der Waals surface area contributed by atoms with E-state index in [0.29, 0.717) is 30.5 Å². The summed E-state index contributed by atoms with van der Waals surface area (Å²) in [6.45, 7) is 5.82. The summed E-state index contributed by atoms with van der Waals surface area (Å²) in [5, 5.41) is -0.368. The van der Waals surface area contributed by atoms with Crippen molar-refractivity contribution in [3.05, 3.63) is 59.9 Å². The molecule has 188 valence electrons. The van der Waals surface area contributed by atoms with Crippen molar-refractivity contribution in [2.24, 2.45) is 5.41 Å². The molecule has 2 saturated carbocycles. The molecule has 0 bridgehead atoms. The number of nitrogens with one attached hydrogen (secondary N) is 1. The van der Waals surface area contributed by atoms with E-state index in [-0.39, 0.29) is 22.9 Å². The predicted octanol–water partition coefficient (Wildman–Crippen LogP) is 4.89. The Morgan fingerprint density at radius 3 is 2.40 bits per heavy atom. The van der Waals surface area contributed by atoms with Crippen molar-refractivity contribution in [3.8, 4) is 11.1 Å². The smallest absolute Gasteiger partial charge is 0.410 e. The van der Waals surface area contributed by atoms with Gasteiger partial charge in [0.15, 0.2) is 0 Å². The lowest BCUT2D eigenvalue weighted by atomic mass is 9.91. The maximum atomic E-state index is 15.7. The van der Waals surface area contributed by atoms with E-state index in [9.17, 15) is 13.2 Å². The van der Waals surface area contributed by atoms with Gasteiger partial charge in [-0.2, -0.15) is 0 Å². The Kier molecular flexibility index (Phi) is 5.95. The minimum Gasteiger partial charge on any atom is -0.444 e. The Hall–Kier alpha value is -2.45. The molecule has 0 aromatic heterocycles. The number of amides is 1. The van der Waals surface area contributed by atoms with E-state index in [1.54, 1.807) is 37.8 Å². The quantitative estimate of drug-likeness (QED) is 0.613. The minimum absolute atomic E-state index is 0.200. The van der Waals surface area contributed by atoms with Crippen LogP contribution in [0.4, 0.5) is 9.18 Å². The molecule has 2 aliphatic carbocycles. The first-order chi connectivity index (χ1) is 16.5. The lowest BCUT2D eigenvalue weighted by molar-refractivity contribution is 0.0213. The molecular formula is C27H33FN2O4S. The van der Waals surface area contributed by atoms with Crippen molar-refractivity contribution in [3.63, 3.8) is 0 Å². The third-order valence-electron chi connectivity index (χ3n) is 7.30. The van der Waals surface area contributed by atoms with Crippen LogP contribution >= 0.6 is 0 Å². The van der Waals surface area contributed by atoms with E-state index in [1.807, 2.05) is 36.4 Å². The normalized spacial score (nSPS) is 23.5. The van der Waals surface area contributed by atoms with Crippen LogP contribution in [0.3, 0.4) is 0 Å². The van der Waals surface area contributed by atoms with Crippen molar-refractivity contribution in [2.75, 3.05) is 6.54 Å². The Bertz CT molecular complexity index is 1220.